The van der Waals surface area contributed by atoms with Crippen LogP contribution in [0.4, 0.5) is 5.69 Å². The molecule has 0 aromatic heterocycles. The standard InChI is InChI=1S/C14H8BrClN2O3/c15-7-10-2-3-11(16)6-14(10)21-13-4-1-9(8-17)5-12(13)18(19)20/h1-6H,7H2. The summed E-state index contributed by atoms with van der Waals surface area (Å²) in [4.78, 5) is 10.5. The van der Waals surface area contributed by atoms with Crippen LogP contribution >= 0.6 is 27.5 Å². The molecule has 0 atom stereocenters. The number of nitriles is 1. The van der Waals surface area contributed by atoms with Crippen LogP contribution < -0.4 is 4.74 Å². The number of hydrogen-bond donors (Lipinski definition) is 0. The number of nitrogens with zero attached hydrogens (tertiary/aromatic N) is 2. The van der Waals surface area contributed by atoms with E-state index in [4.69, 9.17) is 21.6 Å². The maximum absolute atomic E-state index is 11.1. The fourth-order valence-corrected chi connectivity index (χ4v) is 2.29. The normalized spacial score (nSPS) is 9.95. The fourth-order valence-electron chi connectivity index (χ4n) is 1.67. The van der Waals surface area contributed by atoms with E-state index in [0.29, 0.717) is 16.1 Å². The van der Waals surface area contributed by atoms with Gasteiger partial charge in [-0.25, -0.2) is 0 Å². The summed E-state index contributed by atoms with van der Waals surface area (Å²) in [5.41, 5.74) is 0.730. The van der Waals surface area contributed by atoms with Crippen molar-refractivity contribution in [3.8, 4) is 17.6 Å². The number of nitro groups is 1. The smallest absolute Gasteiger partial charge is 0.312 e. The van der Waals surface area contributed by atoms with Crippen molar-refractivity contribution in [3.63, 3.8) is 0 Å². The summed E-state index contributed by atoms with van der Waals surface area (Å²) < 4.78 is 5.61. The molecule has 0 spiro atoms. The molecule has 0 saturated carbocycles. The van der Waals surface area contributed by atoms with E-state index in [-0.39, 0.29) is 17.0 Å². The van der Waals surface area contributed by atoms with Crippen molar-refractivity contribution in [1.29, 1.82) is 5.26 Å². The SMILES string of the molecule is N#Cc1ccc(Oc2cc(Cl)ccc2CBr)c([N+](=O)[O-])c1. The molecule has 0 N–H and O–H groups in total. The van der Waals surface area contributed by atoms with Crippen molar-refractivity contribution < 1.29 is 9.66 Å². The Hall–Kier alpha value is -2.10. The molecule has 5 nitrogen and oxygen atoms in total. The Morgan fingerprint density at radius 1 is 1.29 bits per heavy atom. The number of hydrogen-bond acceptors (Lipinski definition) is 4. The van der Waals surface area contributed by atoms with Gasteiger partial charge in [-0.2, -0.15) is 5.26 Å². The Morgan fingerprint density at radius 3 is 2.67 bits per heavy atom. The molecule has 106 valence electrons. The van der Waals surface area contributed by atoms with E-state index in [1.165, 1.54) is 18.2 Å². The highest BCUT2D eigenvalue weighted by atomic mass is 79.9. The largest absolute Gasteiger partial charge is 0.450 e. The first kappa shape index (κ1) is 15.3. The third-order valence-corrected chi connectivity index (χ3v) is 3.52. The number of benzene rings is 2. The second kappa shape index (κ2) is 6.57. The first-order chi connectivity index (χ1) is 10.0. The summed E-state index contributed by atoms with van der Waals surface area (Å²) in [7, 11) is 0. The molecular formula is C14H8BrClN2O3. The van der Waals surface area contributed by atoms with Gasteiger partial charge >= 0.3 is 5.69 Å². The van der Waals surface area contributed by atoms with Gasteiger partial charge in [-0.1, -0.05) is 33.6 Å². The first-order valence-corrected chi connectivity index (χ1v) is 7.26. The Morgan fingerprint density at radius 2 is 2.05 bits per heavy atom. The van der Waals surface area contributed by atoms with Gasteiger partial charge in [0.1, 0.15) is 5.75 Å². The second-order valence-electron chi connectivity index (χ2n) is 4.04. The summed E-state index contributed by atoms with van der Waals surface area (Å²) in [6.07, 6.45) is 0. The van der Waals surface area contributed by atoms with Crippen LogP contribution in [0.15, 0.2) is 36.4 Å². The summed E-state index contributed by atoms with van der Waals surface area (Å²) in [5, 5.41) is 20.9. The average Bonchev–Trinajstić information content (AvgIpc) is 2.47. The molecule has 0 fully saturated rings. The van der Waals surface area contributed by atoms with E-state index in [2.05, 4.69) is 15.9 Å². The molecule has 2 aromatic carbocycles. The van der Waals surface area contributed by atoms with Gasteiger partial charge in [-0.3, -0.25) is 10.1 Å². The van der Waals surface area contributed by atoms with E-state index in [0.717, 1.165) is 5.56 Å². The van der Waals surface area contributed by atoms with Crippen LogP contribution in [0.5, 0.6) is 11.5 Å². The van der Waals surface area contributed by atoms with Crippen LogP contribution in [0, 0.1) is 21.4 Å². The molecule has 0 radical (unpaired) electrons. The maximum Gasteiger partial charge on any atom is 0.312 e. The van der Waals surface area contributed by atoms with Gasteiger partial charge in [0, 0.05) is 22.0 Å². The predicted molar refractivity (Wildman–Crippen MR) is 82.0 cm³/mol. The van der Waals surface area contributed by atoms with E-state index in [1.54, 1.807) is 18.2 Å². The Bertz CT molecular complexity index is 743. The van der Waals surface area contributed by atoms with Gasteiger partial charge in [-0.15, -0.1) is 0 Å². The first-order valence-electron chi connectivity index (χ1n) is 5.76. The topological polar surface area (TPSA) is 76.2 Å². The highest BCUT2D eigenvalue weighted by Crippen LogP contribution is 2.35. The van der Waals surface area contributed by atoms with Crippen LogP contribution in [-0.4, -0.2) is 4.92 Å². The van der Waals surface area contributed by atoms with Gasteiger partial charge in [0.2, 0.25) is 5.75 Å². The molecule has 0 aliphatic rings. The number of halogens is 2. The molecule has 0 aliphatic heterocycles. The highest BCUT2D eigenvalue weighted by molar-refractivity contribution is 9.08. The van der Waals surface area contributed by atoms with Crippen LogP contribution in [0.2, 0.25) is 5.02 Å². The van der Waals surface area contributed by atoms with Gasteiger partial charge in [0.05, 0.1) is 16.6 Å². The van der Waals surface area contributed by atoms with E-state index in [9.17, 15) is 10.1 Å². The fraction of sp³-hybridized carbons (Fsp3) is 0.0714. The van der Waals surface area contributed by atoms with Crippen molar-refractivity contribution >= 4 is 33.2 Å². The molecule has 7 heteroatoms. The average molecular weight is 368 g/mol. The molecule has 0 unspecified atom stereocenters. The Labute approximate surface area is 134 Å². The molecule has 0 bridgehead atoms. The summed E-state index contributed by atoms with van der Waals surface area (Å²) in [5.74, 6) is 0.482. The maximum atomic E-state index is 11.1. The lowest BCUT2D eigenvalue weighted by Crippen LogP contribution is -1.96. The third kappa shape index (κ3) is 3.51. The summed E-state index contributed by atoms with van der Waals surface area (Å²) in [6, 6.07) is 10.9. The molecule has 2 aromatic rings. The molecule has 0 saturated heterocycles. The Balaban J connectivity index is 2.47. The van der Waals surface area contributed by atoms with Crippen LogP contribution in [0.25, 0.3) is 0 Å². The van der Waals surface area contributed by atoms with E-state index >= 15 is 0 Å². The molecule has 0 heterocycles. The molecule has 0 aliphatic carbocycles. The van der Waals surface area contributed by atoms with Crippen LogP contribution in [-0.2, 0) is 5.33 Å². The minimum Gasteiger partial charge on any atom is -0.450 e. The monoisotopic (exact) mass is 366 g/mol. The minimum absolute atomic E-state index is 0.0588. The highest BCUT2D eigenvalue weighted by Gasteiger charge is 2.18. The van der Waals surface area contributed by atoms with Crippen molar-refractivity contribution in [2.45, 2.75) is 5.33 Å². The third-order valence-electron chi connectivity index (χ3n) is 2.68. The molecule has 21 heavy (non-hydrogen) atoms. The van der Waals surface area contributed by atoms with Crippen molar-refractivity contribution in [1.82, 2.24) is 0 Å². The van der Waals surface area contributed by atoms with Gasteiger partial charge in [-0.05, 0) is 24.3 Å². The lowest BCUT2D eigenvalue weighted by atomic mass is 10.2. The molecule has 2 rings (SSSR count). The summed E-state index contributed by atoms with van der Waals surface area (Å²) in [6.45, 7) is 0. The van der Waals surface area contributed by atoms with Crippen molar-refractivity contribution in [3.05, 3.63) is 62.7 Å². The number of rotatable bonds is 4. The zero-order valence-electron chi connectivity index (χ0n) is 10.5. The van der Waals surface area contributed by atoms with E-state index in [1.807, 2.05) is 6.07 Å². The Kier molecular flexibility index (Phi) is 4.78. The minimum atomic E-state index is -0.589. The number of nitro benzene ring substituents is 1. The zero-order valence-corrected chi connectivity index (χ0v) is 12.9. The molecule has 0 amide bonds. The lowest BCUT2D eigenvalue weighted by Gasteiger charge is -2.10. The van der Waals surface area contributed by atoms with E-state index < -0.39 is 4.92 Å². The lowest BCUT2D eigenvalue weighted by molar-refractivity contribution is -0.385. The quantitative estimate of drug-likeness (QED) is 0.441. The van der Waals surface area contributed by atoms with Crippen LogP contribution in [0.3, 0.4) is 0 Å². The zero-order chi connectivity index (χ0) is 15.4. The van der Waals surface area contributed by atoms with Crippen molar-refractivity contribution in [2.75, 3.05) is 0 Å². The van der Waals surface area contributed by atoms with Crippen molar-refractivity contribution in [2.24, 2.45) is 0 Å². The van der Waals surface area contributed by atoms with Crippen LogP contribution in [0.1, 0.15) is 11.1 Å². The molecular weight excluding hydrogens is 360 g/mol. The second-order valence-corrected chi connectivity index (χ2v) is 5.04. The predicted octanol–water partition coefficient (Wildman–Crippen LogP) is 4.81. The number of alkyl halides is 1. The summed E-state index contributed by atoms with van der Waals surface area (Å²) >= 11 is 9.23. The van der Waals surface area contributed by atoms with Gasteiger partial charge in [0.25, 0.3) is 0 Å². The van der Waals surface area contributed by atoms with Gasteiger partial charge < -0.3 is 4.74 Å². The number of ether oxygens (including phenoxy) is 1. The van der Waals surface area contributed by atoms with Gasteiger partial charge in [0.15, 0.2) is 0 Å².